The first-order valence-electron chi connectivity index (χ1n) is 13.4. The van der Waals surface area contributed by atoms with E-state index in [2.05, 4.69) is 6.58 Å². The van der Waals surface area contributed by atoms with Crippen LogP contribution >= 0.6 is 11.6 Å². The first kappa shape index (κ1) is 25.8. The van der Waals surface area contributed by atoms with Crippen molar-refractivity contribution in [1.82, 2.24) is 0 Å². The zero-order valence-corrected chi connectivity index (χ0v) is 22.6. The van der Waals surface area contributed by atoms with Crippen molar-refractivity contribution < 1.29 is 48.7 Å². The lowest BCUT2D eigenvalue weighted by atomic mass is 9.47. The SMILES string of the molecule is C=C1C(=O)O[C@@H]2C[C@@]1(C)[C@@H]1C(=O)[C@@]3(O)O[C@]14[C@@]2(C)OC(=O)[C@@]4(O)CC[C@H]1[C@H]3C[C@@H](O)[C@@]2(Cl)CC=CC(=O)[C@]12C. The van der Waals surface area contributed by atoms with E-state index in [0.29, 0.717) is 0 Å². The number of alkyl halides is 1. The van der Waals surface area contributed by atoms with E-state index in [1.54, 1.807) is 19.9 Å². The van der Waals surface area contributed by atoms with Gasteiger partial charge >= 0.3 is 11.9 Å². The first-order valence-corrected chi connectivity index (χ1v) is 13.8. The largest absolute Gasteiger partial charge is 0.455 e. The minimum Gasteiger partial charge on any atom is -0.455 e. The molecule has 7 rings (SSSR count). The molecule has 4 saturated heterocycles. The predicted octanol–water partition coefficient (Wildman–Crippen LogP) is 0.871. The summed E-state index contributed by atoms with van der Waals surface area (Å²) in [6.07, 6.45) is 0.370. The molecule has 2 saturated carbocycles. The van der Waals surface area contributed by atoms with E-state index in [9.17, 15) is 34.5 Å². The Morgan fingerprint density at radius 2 is 1.79 bits per heavy atom. The van der Waals surface area contributed by atoms with Gasteiger partial charge in [-0.25, -0.2) is 9.59 Å². The number of Topliss-reactive ketones (excluding diaryl/α,β-unsaturated/α-hetero) is 1. The van der Waals surface area contributed by atoms with Crippen LogP contribution in [0.3, 0.4) is 0 Å². The molecule has 10 nitrogen and oxygen atoms in total. The Bertz CT molecular complexity index is 1340. The van der Waals surface area contributed by atoms with Crippen LogP contribution in [-0.2, 0) is 33.4 Å². The maximum atomic E-state index is 14.6. The number of rotatable bonds is 0. The van der Waals surface area contributed by atoms with Gasteiger partial charge < -0.3 is 29.5 Å². The summed E-state index contributed by atoms with van der Waals surface area (Å²) in [4.78, 5) is 53.3. The van der Waals surface area contributed by atoms with E-state index in [4.69, 9.17) is 25.8 Å². The number of fused-ring (bicyclic) bond motifs is 9. The second-order valence-corrected chi connectivity index (χ2v) is 13.9. The molecule has 210 valence electrons. The minimum atomic E-state index is -2.65. The Kier molecular flexibility index (Phi) is 4.53. The molecule has 4 bridgehead atoms. The zero-order chi connectivity index (χ0) is 28.3. The van der Waals surface area contributed by atoms with Crippen LogP contribution in [0.25, 0.3) is 0 Å². The number of aliphatic hydroxyl groups excluding tert-OH is 1. The van der Waals surface area contributed by atoms with Gasteiger partial charge in [-0.15, -0.1) is 11.6 Å². The Morgan fingerprint density at radius 1 is 1.10 bits per heavy atom. The number of hydrogen-bond acceptors (Lipinski definition) is 10. The quantitative estimate of drug-likeness (QED) is 0.220. The van der Waals surface area contributed by atoms with Crippen LogP contribution in [0.15, 0.2) is 24.3 Å². The third kappa shape index (κ3) is 2.30. The van der Waals surface area contributed by atoms with Crippen LogP contribution < -0.4 is 0 Å². The fourth-order valence-corrected chi connectivity index (χ4v) is 10.1. The molecular formula is C28H31ClO10. The van der Waals surface area contributed by atoms with E-state index >= 15 is 0 Å². The molecule has 6 fully saturated rings. The summed E-state index contributed by atoms with van der Waals surface area (Å²) < 4.78 is 17.9. The van der Waals surface area contributed by atoms with Crippen molar-refractivity contribution in [2.45, 2.75) is 92.5 Å². The van der Waals surface area contributed by atoms with Crippen molar-refractivity contribution in [3.8, 4) is 0 Å². The summed E-state index contributed by atoms with van der Waals surface area (Å²) in [6.45, 7) is 8.57. The van der Waals surface area contributed by atoms with Gasteiger partial charge in [-0.1, -0.05) is 26.5 Å². The highest BCUT2D eigenvalue weighted by Crippen LogP contribution is 2.74. The number of carbonyl (C=O) groups excluding carboxylic acids is 4. The van der Waals surface area contributed by atoms with Gasteiger partial charge in [0.1, 0.15) is 6.10 Å². The van der Waals surface area contributed by atoms with E-state index in [0.717, 1.165) is 0 Å². The molecule has 1 spiro atoms. The van der Waals surface area contributed by atoms with Crippen LogP contribution in [0.4, 0.5) is 0 Å². The van der Waals surface area contributed by atoms with Crippen LogP contribution in [-0.4, -0.2) is 78.5 Å². The highest BCUT2D eigenvalue weighted by atomic mass is 35.5. The minimum absolute atomic E-state index is 0.000842. The van der Waals surface area contributed by atoms with Crippen molar-refractivity contribution in [2.75, 3.05) is 0 Å². The molecule has 0 radical (unpaired) electrons. The fraction of sp³-hybridized carbons (Fsp3) is 0.714. The van der Waals surface area contributed by atoms with Crippen molar-refractivity contribution in [3.05, 3.63) is 24.3 Å². The number of esters is 2. The second-order valence-electron chi connectivity index (χ2n) is 13.2. The summed E-state index contributed by atoms with van der Waals surface area (Å²) in [5.74, 6) is -9.11. The lowest BCUT2D eigenvalue weighted by Crippen LogP contribution is -2.77. The Morgan fingerprint density at radius 3 is 2.49 bits per heavy atom. The van der Waals surface area contributed by atoms with E-state index < -0.39 is 86.0 Å². The number of aliphatic hydroxyl groups is 3. The monoisotopic (exact) mass is 562 g/mol. The molecule has 3 N–H and O–H groups in total. The van der Waals surface area contributed by atoms with E-state index in [1.807, 2.05) is 0 Å². The van der Waals surface area contributed by atoms with Crippen molar-refractivity contribution in [3.63, 3.8) is 0 Å². The summed E-state index contributed by atoms with van der Waals surface area (Å²) in [5.41, 5.74) is -9.23. The van der Waals surface area contributed by atoms with Crippen LogP contribution in [0.1, 0.15) is 52.9 Å². The normalized spacial score (nSPS) is 59.1. The molecular weight excluding hydrogens is 532 g/mol. The van der Waals surface area contributed by atoms with Gasteiger partial charge in [-0.05, 0) is 51.0 Å². The summed E-state index contributed by atoms with van der Waals surface area (Å²) >= 11 is 7.03. The van der Waals surface area contributed by atoms with E-state index in [1.165, 1.54) is 13.0 Å². The molecule has 39 heavy (non-hydrogen) atoms. The topological polar surface area (TPSA) is 157 Å². The highest BCUT2D eigenvalue weighted by Gasteiger charge is 2.92. The van der Waals surface area contributed by atoms with Gasteiger partial charge in [-0.3, -0.25) is 9.59 Å². The molecule has 11 heteroatoms. The van der Waals surface area contributed by atoms with Crippen molar-refractivity contribution in [2.24, 2.45) is 28.6 Å². The Labute approximate surface area is 229 Å². The molecule has 0 aromatic rings. The van der Waals surface area contributed by atoms with Crippen LogP contribution in [0.2, 0.25) is 0 Å². The molecule has 0 amide bonds. The molecule has 0 aromatic heterocycles. The number of ether oxygens (including phenoxy) is 3. The number of allylic oxidation sites excluding steroid dienone is 2. The van der Waals surface area contributed by atoms with Gasteiger partial charge in [0.05, 0.1) is 22.3 Å². The van der Waals surface area contributed by atoms with Gasteiger partial charge in [-0.2, -0.15) is 0 Å². The number of carbonyl (C=O) groups is 4. The molecule has 7 aliphatic rings. The fourth-order valence-electron chi connectivity index (χ4n) is 9.73. The van der Waals surface area contributed by atoms with Crippen LogP contribution in [0, 0.1) is 28.6 Å². The van der Waals surface area contributed by atoms with Gasteiger partial charge in [0.2, 0.25) is 5.79 Å². The standard InChI is InChI=1S/C28H31ClO10/c1-12-20(33)37-17-11-22(12,2)18-19(32)27(36)14-10-16(31)25(29)8-5-6-15(30)23(25,3)13(14)7-9-26(35)21(34)38-24(17,4)28(18,26)39-27/h5-6,13-14,16-18,31,35-36H,1,7-11H2,2-4H3/t13-,14+,16+,17+,18-,22+,23-,24-,25-,26-,27-,28-/m0/s1. The summed E-state index contributed by atoms with van der Waals surface area (Å²) in [5, 5.41) is 36.1. The smallest absolute Gasteiger partial charge is 0.342 e. The second kappa shape index (κ2) is 6.85. The number of halogens is 1. The average molecular weight is 563 g/mol. The molecule has 0 aromatic carbocycles. The average Bonchev–Trinajstić information content (AvgIpc) is 3.21. The third-order valence-electron chi connectivity index (χ3n) is 12.0. The lowest BCUT2D eigenvalue weighted by molar-refractivity contribution is -0.345. The van der Waals surface area contributed by atoms with Gasteiger partial charge in [0.25, 0.3) is 0 Å². The Hall–Kier alpha value is -2.11. The third-order valence-corrected chi connectivity index (χ3v) is 12.8. The molecule has 0 unspecified atom stereocenters. The highest BCUT2D eigenvalue weighted by molar-refractivity contribution is 6.28. The maximum Gasteiger partial charge on any atom is 0.342 e. The van der Waals surface area contributed by atoms with E-state index in [-0.39, 0.29) is 43.5 Å². The molecule has 4 heterocycles. The molecule has 12 atom stereocenters. The molecule has 4 aliphatic heterocycles. The van der Waals surface area contributed by atoms with Gasteiger partial charge in [0, 0.05) is 16.9 Å². The number of hydrogen-bond donors (Lipinski definition) is 3. The van der Waals surface area contributed by atoms with Crippen molar-refractivity contribution in [1.29, 1.82) is 0 Å². The lowest BCUT2D eigenvalue weighted by Gasteiger charge is -2.62. The predicted molar refractivity (Wildman–Crippen MR) is 131 cm³/mol. The maximum absolute atomic E-state index is 14.6. The zero-order valence-electron chi connectivity index (χ0n) is 21.9. The summed E-state index contributed by atoms with van der Waals surface area (Å²) in [7, 11) is 0. The molecule has 3 aliphatic carbocycles. The Balaban J connectivity index is 1.51. The first-order chi connectivity index (χ1) is 18.0. The summed E-state index contributed by atoms with van der Waals surface area (Å²) in [6, 6.07) is 0. The van der Waals surface area contributed by atoms with Crippen LogP contribution in [0.5, 0.6) is 0 Å². The number of ketones is 2. The van der Waals surface area contributed by atoms with Crippen molar-refractivity contribution >= 4 is 35.1 Å². The van der Waals surface area contributed by atoms with Gasteiger partial charge in [0.15, 0.2) is 28.4 Å².